The van der Waals surface area contributed by atoms with Crippen LogP contribution in [0.5, 0.6) is 0 Å². The summed E-state index contributed by atoms with van der Waals surface area (Å²) in [6, 6.07) is 0.613. The maximum absolute atomic E-state index is 12.7. The first kappa shape index (κ1) is 20.1. The van der Waals surface area contributed by atoms with E-state index in [9.17, 15) is 4.79 Å². The summed E-state index contributed by atoms with van der Waals surface area (Å²) in [4.78, 5) is 17.7. The van der Waals surface area contributed by atoms with Crippen LogP contribution in [0.15, 0.2) is 0 Å². The normalized spacial score (nSPS) is 25.3. The maximum atomic E-state index is 12.7. The fraction of sp³-hybridized carbons (Fsp3) is 0.952. The summed E-state index contributed by atoms with van der Waals surface area (Å²) in [7, 11) is 0. The topological polar surface area (TPSA) is 44.8 Å². The van der Waals surface area contributed by atoms with Crippen LogP contribution < -0.4 is 5.32 Å². The summed E-state index contributed by atoms with van der Waals surface area (Å²) in [5.41, 5.74) is 0.166. The largest absolute Gasteiger partial charge is 0.379 e. The molecule has 5 heteroatoms. The third-order valence-electron chi connectivity index (χ3n) is 6.92. The number of rotatable bonds is 7. The average Bonchev–Trinajstić information content (AvgIpc) is 2.72. The number of carbonyl (C=O) groups is 1. The molecule has 150 valence electrons. The minimum absolute atomic E-state index is 0.166. The Balaban J connectivity index is 1.53. The second-order valence-electron chi connectivity index (χ2n) is 8.52. The van der Waals surface area contributed by atoms with Gasteiger partial charge in [-0.3, -0.25) is 14.6 Å². The first-order valence-corrected chi connectivity index (χ1v) is 11.1. The number of amides is 1. The van der Waals surface area contributed by atoms with Crippen LogP contribution in [0.4, 0.5) is 0 Å². The van der Waals surface area contributed by atoms with Crippen molar-refractivity contribution in [2.75, 3.05) is 45.9 Å². The van der Waals surface area contributed by atoms with E-state index in [1.165, 1.54) is 64.2 Å². The Labute approximate surface area is 159 Å². The zero-order chi connectivity index (χ0) is 18.2. The van der Waals surface area contributed by atoms with Crippen molar-refractivity contribution < 1.29 is 9.53 Å². The van der Waals surface area contributed by atoms with Gasteiger partial charge in [0.25, 0.3) is 0 Å². The van der Waals surface area contributed by atoms with Crippen molar-refractivity contribution in [2.45, 2.75) is 82.7 Å². The molecule has 0 aromatic carbocycles. The van der Waals surface area contributed by atoms with Gasteiger partial charge in [-0.05, 0) is 32.2 Å². The molecule has 1 N–H and O–H groups in total. The predicted octanol–water partition coefficient (Wildman–Crippen LogP) is 2.79. The third kappa shape index (κ3) is 5.20. The summed E-state index contributed by atoms with van der Waals surface area (Å²) in [5, 5.41) is 3.33. The van der Waals surface area contributed by atoms with E-state index in [1.54, 1.807) is 0 Å². The van der Waals surface area contributed by atoms with Crippen LogP contribution in [-0.4, -0.2) is 73.2 Å². The zero-order valence-electron chi connectivity index (χ0n) is 16.8. The predicted molar refractivity (Wildman–Crippen MR) is 105 cm³/mol. The lowest BCUT2D eigenvalue weighted by molar-refractivity contribution is -0.124. The fourth-order valence-electron chi connectivity index (χ4n) is 5.30. The Morgan fingerprint density at radius 1 is 1.08 bits per heavy atom. The highest BCUT2D eigenvalue weighted by atomic mass is 16.5. The van der Waals surface area contributed by atoms with Gasteiger partial charge in [0.05, 0.1) is 19.8 Å². The van der Waals surface area contributed by atoms with E-state index in [-0.39, 0.29) is 11.4 Å². The van der Waals surface area contributed by atoms with Gasteiger partial charge in [0.15, 0.2) is 0 Å². The molecular formula is C21H39N3O2. The van der Waals surface area contributed by atoms with E-state index in [0.29, 0.717) is 12.6 Å². The molecule has 3 fully saturated rings. The molecule has 26 heavy (non-hydrogen) atoms. The van der Waals surface area contributed by atoms with Gasteiger partial charge < -0.3 is 10.1 Å². The van der Waals surface area contributed by atoms with E-state index in [4.69, 9.17) is 4.74 Å². The maximum Gasteiger partial charge on any atom is 0.234 e. The Morgan fingerprint density at radius 2 is 1.73 bits per heavy atom. The Morgan fingerprint density at radius 3 is 2.38 bits per heavy atom. The lowest BCUT2D eigenvalue weighted by Crippen LogP contribution is -2.60. The van der Waals surface area contributed by atoms with E-state index >= 15 is 0 Å². The molecule has 0 aromatic heterocycles. The molecule has 1 amide bonds. The van der Waals surface area contributed by atoms with Crippen molar-refractivity contribution >= 4 is 5.91 Å². The van der Waals surface area contributed by atoms with Crippen molar-refractivity contribution in [2.24, 2.45) is 0 Å². The minimum atomic E-state index is 0.166. The molecule has 1 aliphatic heterocycles. The number of morpholine rings is 1. The van der Waals surface area contributed by atoms with Gasteiger partial charge in [-0.25, -0.2) is 0 Å². The minimum Gasteiger partial charge on any atom is -0.379 e. The van der Waals surface area contributed by atoms with Crippen molar-refractivity contribution in [3.63, 3.8) is 0 Å². The standard InChI is InChI=1S/C21H39N3O2/c1-2-23(19-9-5-3-6-10-19)17-20(25)22-18-21(11-7-4-8-12-21)24-13-15-26-16-14-24/h19H,2-18H2,1H3,(H,22,25). The van der Waals surface area contributed by atoms with Crippen LogP contribution in [0.25, 0.3) is 0 Å². The van der Waals surface area contributed by atoms with Crippen molar-refractivity contribution in [3.8, 4) is 0 Å². The Bertz CT molecular complexity index is 425. The highest BCUT2D eigenvalue weighted by Gasteiger charge is 2.38. The molecule has 1 saturated heterocycles. The summed E-state index contributed by atoms with van der Waals surface area (Å²) in [6.07, 6.45) is 12.9. The number of carbonyl (C=O) groups excluding carboxylic acids is 1. The molecule has 2 saturated carbocycles. The number of hydrogen-bond donors (Lipinski definition) is 1. The molecule has 2 aliphatic carbocycles. The van der Waals surface area contributed by atoms with E-state index in [2.05, 4.69) is 22.0 Å². The molecule has 3 rings (SSSR count). The first-order chi connectivity index (χ1) is 12.7. The second kappa shape index (κ2) is 10.0. The SMILES string of the molecule is CCN(CC(=O)NCC1(N2CCOCC2)CCCCC1)C1CCCCC1. The molecule has 0 bridgehead atoms. The van der Waals surface area contributed by atoms with E-state index in [0.717, 1.165) is 39.4 Å². The smallest absolute Gasteiger partial charge is 0.234 e. The highest BCUT2D eigenvalue weighted by molar-refractivity contribution is 5.78. The van der Waals surface area contributed by atoms with Gasteiger partial charge in [0, 0.05) is 31.2 Å². The van der Waals surface area contributed by atoms with E-state index in [1.807, 2.05) is 0 Å². The number of nitrogens with one attached hydrogen (secondary N) is 1. The number of nitrogens with zero attached hydrogens (tertiary/aromatic N) is 2. The monoisotopic (exact) mass is 365 g/mol. The number of ether oxygens (including phenoxy) is 1. The van der Waals surface area contributed by atoms with Gasteiger partial charge in [-0.2, -0.15) is 0 Å². The lowest BCUT2D eigenvalue weighted by atomic mass is 9.79. The first-order valence-electron chi connectivity index (χ1n) is 11.1. The van der Waals surface area contributed by atoms with Crippen molar-refractivity contribution in [1.82, 2.24) is 15.1 Å². The average molecular weight is 366 g/mol. The zero-order valence-corrected chi connectivity index (χ0v) is 16.8. The highest BCUT2D eigenvalue weighted by Crippen LogP contribution is 2.34. The molecular weight excluding hydrogens is 326 g/mol. The number of hydrogen-bond acceptors (Lipinski definition) is 4. The van der Waals surface area contributed by atoms with Crippen LogP contribution in [0, 0.1) is 0 Å². The summed E-state index contributed by atoms with van der Waals surface area (Å²) in [5.74, 6) is 0.218. The van der Waals surface area contributed by atoms with Gasteiger partial charge in [0.2, 0.25) is 5.91 Å². The number of likely N-dealkylation sites (N-methyl/N-ethyl adjacent to an activating group) is 1. The van der Waals surface area contributed by atoms with Crippen LogP contribution in [0.3, 0.4) is 0 Å². The third-order valence-corrected chi connectivity index (χ3v) is 6.92. The molecule has 0 spiro atoms. The summed E-state index contributed by atoms with van der Waals surface area (Å²) >= 11 is 0. The van der Waals surface area contributed by atoms with Gasteiger partial charge in [-0.1, -0.05) is 45.4 Å². The quantitative estimate of drug-likeness (QED) is 0.753. The second-order valence-corrected chi connectivity index (χ2v) is 8.52. The lowest BCUT2D eigenvalue weighted by Gasteiger charge is -2.48. The van der Waals surface area contributed by atoms with Crippen molar-refractivity contribution in [1.29, 1.82) is 0 Å². The van der Waals surface area contributed by atoms with Gasteiger partial charge >= 0.3 is 0 Å². The Kier molecular flexibility index (Phi) is 7.77. The molecule has 5 nitrogen and oxygen atoms in total. The molecule has 0 radical (unpaired) electrons. The molecule has 0 unspecified atom stereocenters. The molecule has 0 atom stereocenters. The molecule has 0 aromatic rings. The van der Waals surface area contributed by atoms with Crippen LogP contribution in [-0.2, 0) is 9.53 Å². The van der Waals surface area contributed by atoms with Crippen LogP contribution >= 0.6 is 0 Å². The Hall–Kier alpha value is -0.650. The van der Waals surface area contributed by atoms with Gasteiger partial charge in [-0.15, -0.1) is 0 Å². The fourth-order valence-corrected chi connectivity index (χ4v) is 5.30. The summed E-state index contributed by atoms with van der Waals surface area (Å²) < 4.78 is 5.56. The van der Waals surface area contributed by atoms with Crippen LogP contribution in [0.2, 0.25) is 0 Å². The molecule has 1 heterocycles. The van der Waals surface area contributed by atoms with E-state index < -0.39 is 0 Å². The molecule has 3 aliphatic rings. The van der Waals surface area contributed by atoms with Crippen LogP contribution in [0.1, 0.15) is 71.1 Å². The summed E-state index contributed by atoms with van der Waals surface area (Å²) in [6.45, 7) is 8.25. The van der Waals surface area contributed by atoms with Crippen molar-refractivity contribution in [3.05, 3.63) is 0 Å². The van der Waals surface area contributed by atoms with Gasteiger partial charge in [0.1, 0.15) is 0 Å².